The summed E-state index contributed by atoms with van der Waals surface area (Å²) < 4.78 is 44.6. The molecule has 0 saturated carbocycles. The van der Waals surface area contributed by atoms with Crippen molar-refractivity contribution in [2.75, 3.05) is 39.8 Å². The van der Waals surface area contributed by atoms with Gasteiger partial charge in [-0.25, -0.2) is 9.59 Å². The van der Waals surface area contributed by atoms with Crippen LogP contribution in [0.2, 0.25) is 0 Å². The molecule has 1 N–H and O–H groups in total. The molecule has 2 aliphatic heterocycles. The monoisotopic (exact) mass is 550 g/mol. The largest absolute Gasteiger partial charge is 0.463 e. The van der Waals surface area contributed by atoms with Crippen LogP contribution in [0.3, 0.4) is 0 Å². The molecule has 0 aliphatic carbocycles. The van der Waals surface area contributed by atoms with Gasteiger partial charge < -0.3 is 15.0 Å². The molecule has 3 amide bonds. The zero-order valence-corrected chi connectivity index (χ0v) is 22.1. The number of ether oxygens (including phenoxy) is 1. The first-order valence-corrected chi connectivity index (χ1v) is 13.1. The average molecular weight is 551 g/mol. The molecule has 2 aliphatic rings. The highest BCUT2D eigenvalue weighted by molar-refractivity contribution is 7.12. The fourth-order valence-electron chi connectivity index (χ4n) is 4.74. The molecular formula is C26H29F3N4O4S. The lowest BCUT2D eigenvalue weighted by Gasteiger charge is -2.42. The average Bonchev–Trinajstić information content (AvgIpc) is 3.41. The van der Waals surface area contributed by atoms with Crippen molar-refractivity contribution in [2.45, 2.75) is 32.1 Å². The van der Waals surface area contributed by atoms with Crippen molar-refractivity contribution in [3.63, 3.8) is 0 Å². The summed E-state index contributed by atoms with van der Waals surface area (Å²) in [5, 5.41) is 4.58. The van der Waals surface area contributed by atoms with Gasteiger partial charge in [0.1, 0.15) is 0 Å². The quantitative estimate of drug-likeness (QED) is 0.548. The summed E-state index contributed by atoms with van der Waals surface area (Å²) in [6.45, 7) is 5.41. The molecule has 1 aromatic carbocycles. The molecule has 38 heavy (non-hydrogen) atoms. The molecular weight excluding hydrogens is 521 g/mol. The van der Waals surface area contributed by atoms with Crippen LogP contribution in [0.5, 0.6) is 0 Å². The summed E-state index contributed by atoms with van der Waals surface area (Å²) in [4.78, 5) is 44.8. The molecule has 0 spiro atoms. The van der Waals surface area contributed by atoms with Gasteiger partial charge in [-0.2, -0.15) is 13.2 Å². The molecule has 3 heterocycles. The van der Waals surface area contributed by atoms with Crippen molar-refractivity contribution in [3.05, 3.63) is 69.1 Å². The van der Waals surface area contributed by atoms with Gasteiger partial charge >= 0.3 is 18.2 Å². The zero-order valence-electron chi connectivity index (χ0n) is 21.2. The van der Waals surface area contributed by atoms with E-state index in [0.717, 1.165) is 12.1 Å². The number of hydrogen-bond acceptors (Lipinski definition) is 6. The number of amides is 3. The number of halogens is 3. The van der Waals surface area contributed by atoms with E-state index in [1.807, 2.05) is 23.3 Å². The second kappa shape index (κ2) is 11.2. The number of benzene rings is 1. The number of thiophene rings is 1. The molecule has 8 nitrogen and oxygen atoms in total. The number of alkyl halides is 3. The van der Waals surface area contributed by atoms with E-state index >= 15 is 0 Å². The number of carbonyl (C=O) groups is 3. The summed E-state index contributed by atoms with van der Waals surface area (Å²) in [5.74, 6) is -0.686. The number of piperazine rings is 1. The third-order valence-electron chi connectivity index (χ3n) is 6.72. The topological polar surface area (TPSA) is 82.2 Å². The molecule has 0 radical (unpaired) electrons. The van der Waals surface area contributed by atoms with Crippen LogP contribution in [-0.4, -0.2) is 78.5 Å². The van der Waals surface area contributed by atoms with Gasteiger partial charge in [0.15, 0.2) is 0 Å². The lowest BCUT2D eigenvalue weighted by Crippen LogP contribution is -2.56. The summed E-state index contributed by atoms with van der Waals surface area (Å²) in [6, 6.07) is 6.41. The Hall–Kier alpha value is -3.38. The first kappa shape index (κ1) is 27.6. The van der Waals surface area contributed by atoms with Gasteiger partial charge in [-0.15, -0.1) is 11.3 Å². The van der Waals surface area contributed by atoms with E-state index in [-0.39, 0.29) is 30.7 Å². The van der Waals surface area contributed by atoms with Gasteiger partial charge in [-0.05, 0) is 43.0 Å². The predicted molar refractivity (Wildman–Crippen MR) is 135 cm³/mol. The standard InChI is InChI=1S/C26H29F3N4O4S/c1-4-37-24(35)21-19(15-32-11-12-33(16(2)14-32)23(34)20-6-5-13-38-20)31(3)25(36)30-22(21)17-7-9-18(10-8-17)26(27,28)29/h5-10,13,16,22H,4,11-12,14-15H2,1-3H3,(H,30,36)/t16-,22-/m0/s1. The molecule has 0 unspecified atom stereocenters. The van der Waals surface area contributed by atoms with E-state index in [0.29, 0.717) is 35.8 Å². The van der Waals surface area contributed by atoms with E-state index < -0.39 is 29.8 Å². The minimum absolute atomic E-state index is 0.0323. The Morgan fingerprint density at radius 1 is 1.16 bits per heavy atom. The van der Waals surface area contributed by atoms with E-state index in [1.165, 1.54) is 35.4 Å². The Bertz CT molecular complexity index is 1210. The lowest BCUT2D eigenvalue weighted by molar-refractivity contribution is -0.139. The second-order valence-corrected chi connectivity index (χ2v) is 10.1. The van der Waals surface area contributed by atoms with Crippen LogP contribution in [0.1, 0.15) is 40.7 Å². The van der Waals surface area contributed by atoms with Gasteiger partial charge in [0, 0.05) is 45.0 Å². The molecule has 1 aromatic heterocycles. The van der Waals surface area contributed by atoms with Crippen LogP contribution in [-0.2, 0) is 15.7 Å². The molecule has 0 bridgehead atoms. The van der Waals surface area contributed by atoms with Crippen molar-refractivity contribution in [1.29, 1.82) is 0 Å². The fourth-order valence-corrected chi connectivity index (χ4v) is 5.42. The first-order valence-electron chi connectivity index (χ1n) is 12.2. The van der Waals surface area contributed by atoms with Crippen molar-refractivity contribution >= 4 is 29.2 Å². The van der Waals surface area contributed by atoms with Crippen LogP contribution in [0.15, 0.2) is 53.0 Å². The molecule has 204 valence electrons. The molecule has 4 rings (SSSR count). The molecule has 2 aromatic rings. The maximum Gasteiger partial charge on any atom is 0.416 e. The highest BCUT2D eigenvalue weighted by atomic mass is 32.1. The third kappa shape index (κ3) is 5.70. The highest BCUT2D eigenvalue weighted by Gasteiger charge is 2.39. The van der Waals surface area contributed by atoms with Crippen LogP contribution in [0, 0.1) is 0 Å². The van der Waals surface area contributed by atoms with E-state index in [4.69, 9.17) is 4.74 Å². The van der Waals surface area contributed by atoms with Crippen molar-refractivity contribution in [1.82, 2.24) is 20.0 Å². The Kier molecular flexibility index (Phi) is 8.12. The Morgan fingerprint density at radius 3 is 2.45 bits per heavy atom. The van der Waals surface area contributed by atoms with Gasteiger partial charge in [0.05, 0.1) is 28.7 Å². The van der Waals surface area contributed by atoms with Crippen molar-refractivity contribution in [3.8, 4) is 0 Å². The lowest BCUT2D eigenvalue weighted by atomic mass is 9.93. The summed E-state index contributed by atoms with van der Waals surface area (Å²) in [7, 11) is 1.53. The normalized spacial score (nSPS) is 20.9. The number of urea groups is 1. The van der Waals surface area contributed by atoms with Gasteiger partial charge in [-0.3, -0.25) is 14.6 Å². The number of likely N-dealkylation sites (N-methyl/N-ethyl adjacent to an activating group) is 1. The Morgan fingerprint density at radius 2 is 1.87 bits per heavy atom. The maximum absolute atomic E-state index is 13.1. The fraction of sp³-hybridized carbons (Fsp3) is 0.423. The summed E-state index contributed by atoms with van der Waals surface area (Å²) >= 11 is 1.39. The molecule has 1 saturated heterocycles. The predicted octanol–water partition coefficient (Wildman–Crippen LogP) is 4.13. The summed E-state index contributed by atoms with van der Waals surface area (Å²) in [5.41, 5.74) is 0.0758. The smallest absolute Gasteiger partial charge is 0.416 e. The van der Waals surface area contributed by atoms with E-state index in [2.05, 4.69) is 10.2 Å². The molecule has 1 fully saturated rings. The first-order chi connectivity index (χ1) is 18.0. The minimum atomic E-state index is -4.51. The number of hydrogen-bond donors (Lipinski definition) is 1. The van der Waals surface area contributed by atoms with Crippen LogP contribution >= 0.6 is 11.3 Å². The SMILES string of the molecule is CCOC(=O)C1=C(CN2CCN(C(=O)c3cccs3)[C@@H](C)C2)N(C)C(=O)N[C@H]1c1ccc(C(F)(F)F)cc1. The zero-order chi connectivity index (χ0) is 27.6. The number of nitrogens with one attached hydrogen (secondary N) is 1. The van der Waals surface area contributed by atoms with E-state index in [9.17, 15) is 27.6 Å². The van der Waals surface area contributed by atoms with E-state index in [1.54, 1.807) is 13.0 Å². The minimum Gasteiger partial charge on any atom is -0.463 e. The molecule has 2 atom stereocenters. The number of rotatable bonds is 6. The second-order valence-electron chi connectivity index (χ2n) is 9.20. The third-order valence-corrected chi connectivity index (χ3v) is 7.58. The van der Waals surface area contributed by atoms with Crippen molar-refractivity contribution in [2.24, 2.45) is 0 Å². The van der Waals surface area contributed by atoms with Crippen LogP contribution in [0.25, 0.3) is 0 Å². The molecule has 12 heteroatoms. The van der Waals surface area contributed by atoms with Crippen molar-refractivity contribution < 1.29 is 32.3 Å². The number of nitrogens with zero attached hydrogens (tertiary/aromatic N) is 3. The Labute approximate surface area is 222 Å². The van der Waals surface area contributed by atoms with Crippen LogP contribution in [0.4, 0.5) is 18.0 Å². The van der Waals surface area contributed by atoms with Gasteiger partial charge in [0.2, 0.25) is 0 Å². The summed E-state index contributed by atoms with van der Waals surface area (Å²) in [6.07, 6.45) is -4.51. The highest BCUT2D eigenvalue weighted by Crippen LogP contribution is 2.34. The number of esters is 1. The van der Waals surface area contributed by atoms with Gasteiger partial charge in [-0.1, -0.05) is 18.2 Å². The van der Waals surface area contributed by atoms with Gasteiger partial charge in [0.25, 0.3) is 5.91 Å². The Balaban J connectivity index is 1.62. The van der Waals surface area contributed by atoms with Crippen LogP contribution < -0.4 is 5.32 Å². The maximum atomic E-state index is 13.1. The number of carbonyl (C=O) groups excluding carboxylic acids is 3.